The second kappa shape index (κ2) is 9.72. The van der Waals surface area contributed by atoms with Crippen molar-refractivity contribution in [3.8, 4) is 5.75 Å². The Hall–Kier alpha value is -3.23. The largest absolute Gasteiger partial charge is 0.495 e. The number of rotatable bonds is 5. The molecule has 0 saturated carbocycles. The summed E-state index contributed by atoms with van der Waals surface area (Å²) < 4.78 is 44.5. The molecule has 0 spiro atoms. The summed E-state index contributed by atoms with van der Waals surface area (Å²) in [5.41, 5.74) is -0.758. The molecular weight excluding hydrogens is 411 g/mol. The van der Waals surface area contributed by atoms with Gasteiger partial charge in [-0.15, -0.1) is 0 Å². The number of anilines is 1. The number of hydrogen-bond donors (Lipinski definition) is 2. The minimum atomic E-state index is -4.59. The maximum Gasteiger partial charge on any atom is 0.417 e. The monoisotopic (exact) mass is 435 g/mol. The van der Waals surface area contributed by atoms with Crippen molar-refractivity contribution in [2.45, 2.75) is 19.0 Å². The number of amides is 3. The Bertz CT molecular complexity index is 925. The number of carbonyl (C=O) groups excluding carboxylic acids is 2. The number of methoxy groups -OCH3 is 1. The number of para-hydroxylation sites is 2. The SMILES string of the molecule is COc1ccccc1NC(=O)N1CCC(CNC(=O)c2ccccc2C(F)(F)F)CC1. The summed E-state index contributed by atoms with van der Waals surface area (Å²) >= 11 is 0. The van der Waals surface area contributed by atoms with Crippen molar-refractivity contribution in [2.75, 3.05) is 32.1 Å². The third-order valence-electron chi connectivity index (χ3n) is 5.28. The topological polar surface area (TPSA) is 70.7 Å². The predicted molar refractivity (Wildman–Crippen MR) is 110 cm³/mol. The summed E-state index contributed by atoms with van der Waals surface area (Å²) in [6.07, 6.45) is -3.31. The zero-order valence-electron chi connectivity index (χ0n) is 17.0. The number of benzene rings is 2. The molecule has 1 saturated heterocycles. The Morgan fingerprint density at radius 3 is 2.39 bits per heavy atom. The van der Waals surface area contributed by atoms with Gasteiger partial charge in [0.25, 0.3) is 5.91 Å². The van der Waals surface area contributed by atoms with Crippen molar-refractivity contribution in [3.05, 3.63) is 59.7 Å². The Morgan fingerprint density at radius 2 is 1.71 bits per heavy atom. The number of ether oxygens (including phenoxy) is 1. The van der Waals surface area contributed by atoms with Crippen molar-refractivity contribution in [1.29, 1.82) is 0 Å². The molecule has 2 aromatic rings. The number of alkyl halides is 3. The smallest absolute Gasteiger partial charge is 0.417 e. The average molecular weight is 435 g/mol. The first kappa shape index (κ1) is 22.5. The lowest BCUT2D eigenvalue weighted by molar-refractivity contribution is -0.137. The zero-order chi connectivity index (χ0) is 22.4. The van der Waals surface area contributed by atoms with Crippen molar-refractivity contribution >= 4 is 17.6 Å². The molecule has 3 rings (SSSR count). The van der Waals surface area contributed by atoms with Gasteiger partial charge in [-0.1, -0.05) is 24.3 Å². The maximum absolute atomic E-state index is 13.1. The van der Waals surface area contributed by atoms with E-state index in [0.717, 1.165) is 6.07 Å². The van der Waals surface area contributed by atoms with E-state index in [-0.39, 0.29) is 24.1 Å². The van der Waals surface area contributed by atoms with Gasteiger partial charge in [-0.25, -0.2) is 4.79 Å². The Labute approximate surface area is 178 Å². The third kappa shape index (κ3) is 5.68. The van der Waals surface area contributed by atoms with Gasteiger partial charge in [-0.2, -0.15) is 13.2 Å². The fraction of sp³-hybridized carbons (Fsp3) is 0.364. The van der Waals surface area contributed by atoms with Crippen molar-refractivity contribution in [1.82, 2.24) is 10.2 Å². The molecule has 6 nitrogen and oxygen atoms in total. The summed E-state index contributed by atoms with van der Waals surface area (Å²) in [4.78, 5) is 26.5. The second-order valence-electron chi connectivity index (χ2n) is 7.31. The van der Waals surface area contributed by atoms with Crippen LogP contribution in [0.25, 0.3) is 0 Å². The van der Waals surface area contributed by atoms with Crippen molar-refractivity contribution < 1.29 is 27.5 Å². The van der Waals surface area contributed by atoms with Crippen LogP contribution < -0.4 is 15.4 Å². The van der Waals surface area contributed by atoms with E-state index < -0.39 is 17.6 Å². The minimum absolute atomic E-state index is 0.0808. The highest BCUT2D eigenvalue weighted by Gasteiger charge is 2.35. The number of urea groups is 1. The van der Waals surface area contributed by atoms with Crippen LogP contribution >= 0.6 is 0 Å². The molecule has 1 heterocycles. The first-order valence-electron chi connectivity index (χ1n) is 9.93. The molecule has 9 heteroatoms. The molecule has 1 aliphatic heterocycles. The van der Waals surface area contributed by atoms with Crippen LogP contribution in [0.3, 0.4) is 0 Å². The van der Waals surface area contributed by atoms with E-state index in [1.807, 2.05) is 0 Å². The lowest BCUT2D eigenvalue weighted by Gasteiger charge is -2.32. The van der Waals surface area contributed by atoms with Crippen molar-refractivity contribution in [3.63, 3.8) is 0 Å². The van der Waals surface area contributed by atoms with Crippen LogP contribution in [0.15, 0.2) is 48.5 Å². The van der Waals surface area contributed by atoms with Crippen LogP contribution in [0.2, 0.25) is 0 Å². The highest BCUT2D eigenvalue weighted by Crippen LogP contribution is 2.32. The van der Waals surface area contributed by atoms with Gasteiger partial charge in [0.15, 0.2) is 0 Å². The molecule has 0 aliphatic carbocycles. The van der Waals surface area contributed by atoms with Gasteiger partial charge >= 0.3 is 12.2 Å². The normalized spacial score (nSPS) is 14.8. The van der Waals surface area contributed by atoms with Crippen LogP contribution in [-0.2, 0) is 6.18 Å². The molecule has 0 aromatic heterocycles. The van der Waals surface area contributed by atoms with Gasteiger partial charge in [-0.05, 0) is 43.0 Å². The Balaban J connectivity index is 1.50. The van der Waals surface area contributed by atoms with Crippen molar-refractivity contribution in [2.24, 2.45) is 5.92 Å². The molecule has 0 atom stereocenters. The number of hydrogen-bond acceptors (Lipinski definition) is 3. The number of piperidine rings is 1. The van der Waals surface area contributed by atoms with Crippen LogP contribution in [0.4, 0.5) is 23.7 Å². The lowest BCUT2D eigenvalue weighted by Crippen LogP contribution is -2.43. The predicted octanol–water partition coefficient (Wildman–Crippen LogP) is 4.39. The summed E-state index contributed by atoms with van der Waals surface area (Å²) in [6.45, 7) is 1.23. The number of likely N-dealkylation sites (tertiary alicyclic amines) is 1. The molecule has 2 aromatic carbocycles. The molecule has 0 bridgehead atoms. The molecular formula is C22H24F3N3O3. The van der Waals surface area contributed by atoms with Gasteiger partial charge in [0.1, 0.15) is 5.75 Å². The molecule has 1 fully saturated rings. The van der Waals surface area contributed by atoms with Gasteiger partial charge in [0.05, 0.1) is 23.9 Å². The van der Waals surface area contributed by atoms with E-state index in [1.165, 1.54) is 25.3 Å². The van der Waals surface area contributed by atoms with Crippen LogP contribution in [0.5, 0.6) is 5.75 Å². The van der Waals surface area contributed by atoms with E-state index in [2.05, 4.69) is 10.6 Å². The molecule has 31 heavy (non-hydrogen) atoms. The Kier molecular flexibility index (Phi) is 7.04. The van der Waals surface area contributed by atoms with Gasteiger partial charge in [0, 0.05) is 19.6 Å². The fourth-order valence-electron chi connectivity index (χ4n) is 3.54. The molecule has 2 N–H and O–H groups in total. The van der Waals surface area contributed by atoms with E-state index in [4.69, 9.17) is 4.74 Å². The molecule has 166 valence electrons. The molecule has 1 aliphatic rings. The van der Waals surface area contributed by atoms with Crippen LogP contribution in [0.1, 0.15) is 28.8 Å². The van der Waals surface area contributed by atoms with Gasteiger partial charge in [0.2, 0.25) is 0 Å². The quantitative estimate of drug-likeness (QED) is 0.732. The number of carbonyl (C=O) groups is 2. The van der Waals surface area contributed by atoms with Gasteiger partial charge in [-0.3, -0.25) is 4.79 Å². The first-order chi connectivity index (χ1) is 14.8. The average Bonchev–Trinajstić information content (AvgIpc) is 2.77. The number of halogens is 3. The lowest BCUT2D eigenvalue weighted by atomic mass is 9.96. The van der Waals surface area contributed by atoms with Crippen LogP contribution in [0, 0.1) is 5.92 Å². The highest BCUT2D eigenvalue weighted by molar-refractivity contribution is 5.96. The Morgan fingerprint density at radius 1 is 1.06 bits per heavy atom. The number of nitrogens with one attached hydrogen (secondary N) is 2. The third-order valence-corrected chi connectivity index (χ3v) is 5.28. The van der Waals surface area contributed by atoms with E-state index in [0.29, 0.717) is 37.4 Å². The van der Waals surface area contributed by atoms with E-state index in [1.54, 1.807) is 29.2 Å². The highest BCUT2D eigenvalue weighted by atomic mass is 19.4. The van der Waals surface area contributed by atoms with E-state index in [9.17, 15) is 22.8 Å². The first-order valence-corrected chi connectivity index (χ1v) is 9.93. The summed E-state index contributed by atoms with van der Waals surface area (Å²) in [5, 5.41) is 5.43. The zero-order valence-corrected chi connectivity index (χ0v) is 17.0. The van der Waals surface area contributed by atoms with Crippen LogP contribution in [-0.4, -0.2) is 43.6 Å². The summed E-state index contributed by atoms with van der Waals surface area (Å²) in [6, 6.07) is 11.6. The summed E-state index contributed by atoms with van der Waals surface area (Å²) in [5.74, 6) is -0.103. The van der Waals surface area contributed by atoms with Gasteiger partial charge < -0.3 is 20.3 Å². The second-order valence-corrected chi connectivity index (χ2v) is 7.31. The fourth-order valence-corrected chi connectivity index (χ4v) is 3.54. The molecule has 0 radical (unpaired) electrons. The standard InChI is InChI=1S/C22H24F3N3O3/c1-31-19-9-5-4-8-18(19)27-21(30)28-12-10-15(11-13-28)14-26-20(29)16-6-2-3-7-17(16)22(23,24)25/h2-9,15H,10-14H2,1H3,(H,26,29)(H,27,30). The molecule has 3 amide bonds. The summed E-state index contributed by atoms with van der Waals surface area (Å²) in [7, 11) is 1.53. The number of nitrogens with zero attached hydrogens (tertiary/aromatic N) is 1. The van der Waals surface area contributed by atoms with E-state index >= 15 is 0 Å². The molecule has 0 unspecified atom stereocenters. The minimum Gasteiger partial charge on any atom is -0.495 e. The maximum atomic E-state index is 13.1.